The second-order valence-corrected chi connectivity index (χ2v) is 3.81. The minimum absolute atomic E-state index is 0.0103. The maximum atomic E-state index is 11.6. The summed E-state index contributed by atoms with van der Waals surface area (Å²) < 4.78 is 0. The number of benzene rings is 1. The number of rotatable bonds is 3. The number of aliphatic carboxylic acids is 1. The van der Waals surface area contributed by atoms with E-state index < -0.39 is 11.9 Å². The highest BCUT2D eigenvalue weighted by Crippen LogP contribution is 2.23. The van der Waals surface area contributed by atoms with E-state index in [4.69, 9.17) is 5.11 Å². The number of likely N-dealkylation sites (N-methyl/N-ethyl adjacent to an activating group) is 1. The number of carbonyl (C=O) groups is 2. The van der Waals surface area contributed by atoms with E-state index in [1.807, 2.05) is 30.3 Å². The van der Waals surface area contributed by atoms with Gasteiger partial charge in [0.05, 0.1) is 11.3 Å². The molecule has 0 aromatic heterocycles. The van der Waals surface area contributed by atoms with Gasteiger partial charge in [0.1, 0.15) is 5.70 Å². The Labute approximate surface area is 104 Å². The smallest absolute Gasteiger partial charge is 0.334 e. The summed E-state index contributed by atoms with van der Waals surface area (Å²) in [7, 11) is 1.45. The van der Waals surface area contributed by atoms with E-state index in [1.54, 1.807) is 0 Å². The predicted octanol–water partition coefficient (Wildman–Crippen LogP) is 0.964. The van der Waals surface area contributed by atoms with Crippen LogP contribution >= 0.6 is 0 Å². The molecule has 0 aliphatic carbocycles. The highest BCUT2D eigenvalue weighted by molar-refractivity contribution is 6.15. The molecule has 1 aromatic carbocycles. The van der Waals surface area contributed by atoms with Crippen LogP contribution in [0.15, 0.2) is 46.6 Å². The van der Waals surface area contributed by atoms with Crippen molar-refractivity contribution in [2.45, 2.75) is 6.42 Å². The first-order valence-electron chi connectivity index (χ1n) is 5.45. The van der Waals surface area contributed by atoms with E-state index in [0.29, 0.717) is 5.71 Å². The molecule has 1 amide bonds. The van der Waals surface area contributed by atoms with Gasteiger partial charge in [-0.05, 0) is 5.56 Å². The number of hydrogen-bond acceptors (Lipinski definition) is 3. The molecule has 0 atom stereocenters. The van der Waals surface area contributed by atoms with E-state index in [1.165, 1.54) is 7.05 Å². The SMILES string of the molecule is CNC(=O)C1=C(C(=O)O)CC(c2ccccc2)=N1. The lowest BCUT2D eigenvalue weighted by Gasteiger charge is -1.99. The molecule has 0 bridgehead atoms. The first kappa shape index (κ1) is 12.0. The number of aliphatic imine (C=N–C) groups is 1. The number of carbonyl (C=O) groups excluding carboxylic acids is 1. The van der Waals surface area contributed by atoms with Gasteiger partial charge in [0.15, 0.2) is 0 Å². The van der Waals surface area contributed by atoms with Crippen molar-refractivity contribution in [1.82, 2.24) is 5.32 Å². The lowest BCUT2D eigenvalue weighted by atomic mass is 10.0. The molecule has 0 fully saturated rings. The second-order valence-electron chi connectivity index (χ2n) is 3.81. The number of carboxylic acid groups (broad SMARTS) is 1. The Morgan fingerprint density at radius 2 is 1.94 bits per heavy atom. The van der Waals surface area contributed by atoms with Crippen molar-refractivity contribution in [2.24, 2.45) is 4.99 Å². The van der Waals surface area contributed by atoms with Crippen LogP contribution in [0.5, 0.6) is 0 Å². The molecule has 0 saturated heterocycles. The summed E-state index contributed by atoms with van der Waals surface area (Å²) in [4.78, 5) is 26.8. The Morgan fingerprint density at radius 1 is 1.28 bits per heavy atom. The van der Waals surface area contributed by atoms with E-state index >= 15 is 0 Å². The number of hydrogen-bond donors (Lipinski definition) is 2. The zero-order valence-corrected chi connectivity index (χ0v) is 9.80. The average Bonchev–Trinajstić information content (AvgIpc) is 2.84. The highest BCUT2D eigenvalue weighted by Gasteiger charge is 2.27. The minimum atomic E-state index is -1.11. The maximum absolute atomic E-state index is 11.6. The quantitative estimate of drug-likeness (QED) is 0.831. The molecule has 0 unspecified atom stereocenters. The molecular formula is C13H12N2O3. The van der Waals surface area contributed by atoms with Crippen LogP contribution in [0, 0.1) is 0 Å². The third-order valence-electron chi connectivity index (χ3n) is 2.68. The van der Waals surface area contributed by atoms with Crippen LogP contribution in [0.3, 0.4) is 0 Å². The zero-order chi connectivity index (χ0) is 13.1. The van der Waals surface area contributed by atoms with Gasteiger partial charge in [0, 0.05) is 13.5 Å². The minimum Gasteiger partial charge on any atom is -0.478 e. The summed E-state index contributed by atoms with van der Waals surface area (Å²) in [5.74, 6) is -1.58. The number of amides is 1. The number of nitrogens with one attached hydrogen (secondary N) is 1. The molecule has 0 spiro atoms. The molecule has 1 aromatic rings. The molecule has 5 heteroatoms. The topological polar surface area (TPSA) is 78.8 Å². The average molecular weight is 244 g/mol. The zero-order valence-electron chi connectivity index (χ0n) is 9.80. The predicted molar refractivity (Wildman–Crippen MR) is 66.3 cm³/mol. The second kappa shape index (κ2) is 4.83. The summed E-state index contributed by atoms with van der Waals surface area (Å²) in [6.45, 7) is 0. The summed E-state index contributed by atoms with van der Waals surface area (Å²) in [6, 6.07) is 9.23. The Morgan fingerprint density at radius 3 is 2.50 bits per heavy atom. The summed E-state index contributed by atoms with van der Waals surface area (Å²) in [6.07, 6.45) is 0.169. The molecule has 1 heterocycles. The van der Waals surface area contributed by atoms with Crippen molar-refractivity contribution >= 4 is 17.6 Å². The molecule has 0 saturated carbocycles. The van der Waals surface area contributed by atoms with Crippen LogP contribution in [0.4, 0.5) is 0 Å². The first-order valence-corrected chi connectivity index (χ1v) is 5.45. The van der Waals surface area contributed by atoms with E-state index in [2.05, 4.69) is 10.3 Å². The maximum Gasteiger partial charge on any atom is 0.334 e. The van der Waals surface area contributed by atoms with Gasteiger partial charge in [-0.15, -0.1) is 0 Å². The van der Waals surface area contributed by atoms with Crippen LogP contribution in [0.1, 0.15) is 12.0 Å². The standard InChI is InChI=1S/C13H12N2O3/c1-14-12(16)11-9(13(17)18)7-10(15-11)8-5-3-2-4-6-8/h2-6H,7H2,1H3,(H,14,16)(H,17,18). The summed E-state index contributed by atoms with van der Waals surface area (Å²) >= 11 is 0. The Bertz CT molecular complexity index is 559. The van der Waals surface area contributed by atoms with Crippen molar-refractivity contribution in [3.8, 4) is 0 Å². The van der Waals surface area contributed by atoms with Gasteiger partial charge >= 0.3 is 5.97 Å². The van der Waals surface area contributed by atoms with E-state index in [9.17, 15) is 9.59 Å². The van der Waals surface area contributed by atoms with Gasteiger partial charge in [-0.25, -0.2) is 9.79 Å². The van der Waals surface area contributed by atoms with Crippen molar-refractivity contribution < 1.29 is 14.7 Å². The van der Waals surface area contributed by atoms with Crippen molar-refractivity contribution in [3.63, 3.8) is 0 Å². The van der Waals surface area contributed by atoms with E-state index in [-0.39, 0.29) is 17.7 Å². The molecule has 5 nitrogen and oxygen atoms in total. The van der Waals surface area contributed by atoms with Crippen LogP contribution in [-0.4, -0.2) is 29.7 Å². The van der Waals surface area contributed by atoms with Gasteiger partial charge in [-0.1, -0.05) is 30.3 Å². The Hall–Kier alpha value is -2.43. The molecule has 2 rings (SSSR count). The lowest BCUT2D eigenvalue weighted by Crippen LogP contribution is -2.20. The molecule has 1 aliphatic rings. The monoisotopic (exact) mass is 244 g/mol. The molecule has 0 radical (unpaired) electrons. The Kier molecular flexibility index (Phi) is 3.23. The van der Waals surface area contributed by atoms with Gasteiger partial charge in [0.2, 0.25) is 0 Å². The highest BCUT2D eigenvalue weighted by atomic mass is 16.4. The van der Waals surface area contributed by atoms with Gasteiger partial charge in [-0.2, -0.15) is 0 Å². The fourth-order valence-corrected chi connectivity index (χ4v) is 1.77. The number of nitrogens with zero attached hydrogens (tertiary/aromatic N) is 1. The van der Waals surface area contributed by atoms with Crippen LogP contribution in [0.25, 0.3) is 0 Å². The molecular weight excluding hydrogens is 232 g/mol. The third-order valence-corrected chi connectivity index (χ3v) is 2.68. The van der Waals surface area contributed by atoms with Gasteiger partial charge in [0.25, 0.3) is 5.91 Å². The molecule has 92 valence electrons. The Balaban J connectivity index is 2.37. The van der Waals surface area contributed by atoms with Gasteiger partial charge in [-0.3, -0.25) is 4.79 Å². The summed E-state index contributed by atoms with van der Waals surface area (Å²) in [5.41, 5.74) is 1.46. The van der Waals surface area contributed by atoms with Crippen LogP contribution < -0.4 is 5.32 Å². The molecule has 2 N–H and O–H groups in total. The first-order chi connectivity index (χ1) is 8.63. The van der Waals surface area contributed by atoms with Crippen molar-refractivity contribution in [1.29, 1.82) is 0 Å². The van der Waals surface area contributed by atoms with E-state index in [0.717, 1.165) is 5.56 Å². The van der Waals surface area contributed by atoms with Crippen molar-refractivity contribution in [2.75, 3.05) is 7.05 Å². The normalized spacial score (nSPS) is 14.4. The largest absolute Gasteiger partial charge is 0.478 e. The third kappa shape index (κ3) is 2.15. The van der Waals surface area contributed by atoms with Crippen LogP contribution in [-0.2, 0) is 9.59 Å². The summed E-state index contributed by atoms with van der Waals surface area (Å²) in [5, 5.41) is 11.5. The molecule has 18 heavy (non-hydrogen) atoms. The molecule has 1 aliphatic heterocycles. The fourth-order valence-electron chi connectivity index (χ4n) is 1.77. The fraction of sp³-hybridized carbons (Fsp3) is 0.154. The van der Waals surface area contributed by atoms with Crippen molar-refractivity contribution in [3.05, 3.63) is 47.2 Å². The van der Waals surface area contributed by atoms with Gasteiger partial charge < -0.3 is 10.4 Å². The van der Waals surface area contributed by atoms with Crippen LogP contribution in [0.2, 0.25) is 0 Å². The number of carboxylic acids is 1. The lowest BCUT2D eigenvalue weighted by molar-refractivity contribution is -0.133.